The van der Waals surface area contributed by atoms with Gasteiger partial charge in [0.2, 0.25) is 5.91 Å². The molecule has 5 rings (SSSR count). The van der Waals surface area contributed by atoms with Gasteiger partial charge in [0.15, 0.2) is 11.5 Å². The number of benzene rings is 2. The van der Waals surface area contributed by atoms with Crippen molar-refractivity contribution >= 4 is 22.5 Å². The molecule has 1 aliphatic rings. The van der Waals surface area contributed by atoms with E-state index in [1.54, 1.807) is 38.2 Å². The standard InChI is InChI=1S/C26H21F2N3O4/c1-14-4-9-21(30-22(14)16-6-5-15-10-11-29-23(32)18(15)12-16)31-24(33)25(2,3)17-7-8-19-20(13-17)35-26(27,28)34-19/h4-13H,1-3H3,(H,29,32)(H,30,31,33). The number of aryl methyl sites for hydroxylation is 1. The number of aromatic amines is 1. The Morgan fingerprint density at radius 1 is 1.03 bits per heavy atom. The Morgan fingerprint density at radius 2 is 1.80 bits per heavy atom. The molecule has 2 aromatic carbocycles. The lowest BCUT2D eigenvalue weighted by atomic mass is 9.83. The van der Waals surface area contributed by atoms with Gasteiger partial charge in [-0.1, -0.05) is 24.3 Å². The minimum Gasteiger partial charge on any atom is -0.395 e. The molecule has 1 aliphatic heterocycles. The summed E-state index contributed by atoms with van der Waals surface area (Å²) in [5.74, 6) is -0.289. The molecule has 0 spiro atoms. The largest absolute Gasteiger partial charge is 0.586 e. The van der Waals surface area contributed by atoms with Gasteiger partial charge in [-0.15, -0.1) is 8.78 Å². The van der Waals surface area contributed by atoms with Gasteiger partial charge in [-0.25, -0.2) is 4.98 Å². The van der Waals surface area contributed by atoms with Crippen molar-refractivity contribution < 1.29 is 23.0 Å². The van der Waals surface area contributed by atoms with Crippen molar-refractivity contribution in [3.63, 3.8) is 0 Å². The number of H-pyrrole nitrogens is 1. The van der Waals surface area contributed by atoms with Crippen molar-refractivity contribution in [1.29, 1.82) is 0 Å². The van der Waals surface area contributed by atoms with Crippen molar-refractivity contribution in [2.75, 3.05) is 5.32 Å². The SMILES string of the molecule is Cc1ccc(NC(=O)C(C)(C)c2ccc3c(c2)OC(F)(F)O3)nc1-c1ccc2cc[nH]c(=O)c2c1. The number of pyridine rings is 2. The van der Waals surface area contributed by atoms with Crippen LogP contribution < -0.4 is 20.3 Å². The second-order valence-electron chi connectivity index (χ2n) is 8.88. The van der Waals surface area contributed by atoms with Crippen LogP contribution in [0.15, 0.2) is 65.6 Å². The lowest BCUT2D eigenvalue weighted by Crippen LogP contribution is -2.35. The lowest BCUT2D eigenvalue weighted by molar-refractivity contribution is -0.286. The summed E-state index contributed by atoms with van der Waals surface area (Å²) in [5.41, 5.74) is 1.39. The van der Waals surface area contributed by atoms with Gasteiger partial charge in [0, 0.05) is 17.1 Å². The summed E-state index contributed by atoms with van der Waals surface area (Å²) < 4.78 is 35.7. The highest BCUT2D eigenvalue weighted by Gasteiger charge is 2.44. The fourth-order valence-corrected chi connectivity index (χ4v) is 3.96. The van der Waals surface area contributed by atoms with Crippen molar-refractivity contribution in [3.8, 4) is 22.8 Å². The van der Waals surface area contributed by atoms with E-state index in [0.29, 0.717) is 22.5 Å². The highest BCUT2D eigenvalue weighted by atomic mass is 19.3. The fraction of sp³-hybridized carbons (Fsp3) is 0.192. The molecule has 0 unspecified atom stereocenters. The van der Waals surface area contributed by atoms with E-state index in [-0.39, 0.29) is 23.0 Å². The van der Waals surface area contributed by atoms with Crippen LogP contribution in [0.25, 0.3) is 22.0 Å². The van der Waals surface area contributed by atoms with Crippen LogP contribution >= 0.6 is 0 Å². The second kappa shape index (κ2) is 7.90. The number of fused-ring (bicyclic) bond motifs is 2. The van der Waals surface area contributed by atoms with E-state index in [9.17, 15) is 18.4 Å². The Bertz CT molecular complexity index is 1550. The molecule has 7 nitrogen and oxygen atoms in total. The van der Waals surface area contributed by atoms with Gasteiger partial charge in [-0.2, -0.15) is 0 Å². The molecule has 0 fully saturated rings. The zero-order chi connectivity index (χ0) is 25.0. The van der Waals surface area contributed by atoms with Gasteiger partial charge >= 0.3 is 6.29 Å². The number of aromatic nitrogens is 2. The highest BCUT2D eigenvalue weighted by Crippen LogP contribution is 2.43. The first-order valence-electron chi connectivity index (χ1n) is 10.8. The van der Waals surface area contributed by atoms with Crippen LogP contribution in [0.2, 0.25) is 0 Å². The molecule has 35 heavy (non-hydrogen) atoms. The molecule has 0 bridgehead atoms. The average Bonchev–Trinajstić information content (AvgIpc) is 3.13. The van der Waals surface area contributed by atoms with Gasteiger partial charge in [0.1, 0.15) is 5.82 Å². The predicted molar refractivity (Wildman–Crippen MR) is 127 cm³/mol. The number of nitrogens with zero attached hydrogens (tertiary/aromatic N) is 1. The lowest BCUT2D eigenvalue weighted by Gasteiger charge is -2.24. The maximum absolute atomic E-state index is 13.4. The van der Waals surface area contributed by atoms with Crippen molar-refractivity contribution in [1.82, 2.24) is 9.97 Å². The molecule has 178 valence electrons. The summed E-state index contributed by atoms with van der Waals surface area (Å²) in [4.78, 5) is 32.7. The van der Waals surface area contributed by atoms with Gasteiger partial charge in [-0.3, -0.25) is 9.59 Å². The van der Waals surface area contributed by atoms with E-state index < -0.39 is 11.7 Å². The first-order valence-corrected chi connectivity index (χ1v) is 10.8. The van der Waals surface area contributed by atoms with Gasteiger partial charge in [-0.05, 0) is 67.6 Å². The first kappa shape index (κ1) is 22.5. The fourth-order valence-electron chi connectivity index (χ4n) is 3.96. The van der Waals surface area contributed by atoms with Crippen molar-refractivity contribution in [2.45, 2.75) is 32.5 Å². The maximum atomic E-state index is 13.4. The van der Waals surface area contributed by atoms with Gasteiger partial charge < -0.3 is 19.8 Å². The normalized spacial score (nSPS) is 14.2. The van der Waals surface area contributed by atoms with E-state index in [1.807, 2.05) is 31.2 Å². The highest BCUT2D eigenvalue weighted by molar-refractivity contribution is 5.98. The van der Waals surface area contributed by atoms with E-state index in [0.717, 1.165) is 16.5 Å². The van der Waals surface area contributed by atoms with Crippen LogP contribution in [0.1, 0.15) is 25.0 Å². The molecule has 0 saturated heterocycles. The first-order chi connectivity index (χ1) is 16.5. The van der Waals surface area contributed by atoms with Gasteiger partial charge in [0.05, 0.1) is 11.1 Å². The minimum atomic E-state index is -3.73. The molecule has 2 N–H and O–H groups in total. The molecule has 9 heteroatoms. The third-order valence-corrected chi connectivity index (χ3v) is 6.08. The monoisotopic (exact) mass is 477 g/mol. The van der Waals surface area contributed by atoms with E-state index in [1.165, 1.54) is 12.1 Å². The van der Waals surface area contributed by atoms with Crippen LogP contribution in [-0.2, 0) is 10.2 Å². The molecule has 0 atom stereocenters. The summed E-state index contributed by atoms with van der Waals surface area (Å²) in [6.07, 6.45) is -2.14. The number of anilines is 1. The minimum absolute atomic E-state index is 0.0889. The molecule has 4 aromatic rings. The number of rotatable bonds is 4. The molecule has 0 aliphatic carbocycles. The Labute approximate surface area is 198 Å². The van der Waals surface area contributed by atoms with Crippen molar-refractivity contribution in [3.05, 3.63) is 82.3 Å². The Kier molecular flexibility index (Phi) is 5.08. The quantitative estimate of drug-likeness (QED) is 0.425. The van der Waals surface area contributed by atoms with Crippen LogP contribution in [0.5, 0.6) is 11.5 Å². The maximum Gasteiger partial charge on any atom is 0.586 e. The van der Waals surface area contributed by atoms with E-state index in [2.05, 4.69) is 24.8 Å². The summed E-state index contributed by atoms with van der Waals surface area (Å²) in [6.45, 7) is 5.23. The average molecular weight is 477 g/mol. The molecule has 0 radical (unpaired) electrons. The molecule has 0 saturated carbocycles. The smallest absolute Gasteiger partial charge is 0.395 e. The number of alkyl halides is 2. The number of nitrogens with one attached hydrogen (secondary N) is 2. The number of hydrogen-bond donors (Lipinski definition) is 2. The number of halogens is 2. The molecule has 2 aromatic heterocycles. The third-order valence-electron chi connectivity index (χ3n) is 6.08. The predicted octanol–water partition coefficient (Wildman–Crippen LogP) is 5.14. The van der Waals surface area contributed by atoms with Gasteiger partial charge in [0.25, 0.3) is 5.56 Å². The Hall–Kier alpha value is -4.27. The van der Waals surface area contributed by atoms with E-state index in [4.69, 9.17) is 0 Å². The van der Waals surface area contributed by atoms with Crippen LogP contribution in [0.4, 0.5) is 14.6 Å². The van der Waals surface area contributed by atoms with Crippen LogP contribution in [-0.4, -0.2) is 22.2 Å². The molecular formula is C26H21F2N3O4. The number of carbonyl (C=O) groups is 1. The number of carbonyl (C=O) groups excluding carboxylic acids is 1. The summed E-state index contributed by atoms with van der Waals surface area (Å²) in [5, 5.41) is 4.16. The van der Waals surface area contributed by atoms with Crippen LogP contribution in [0, 0.1) is 6.92 Å². The zero-order valence-corrected chi connectivity index (χ0v) is 19.1. The Balaban J connectivity index is 1.43. The van der Waals surface area contributed by atoms with E-state index >= 15 is 0 Å². The molecular weight excluding hydrogens is 456 g/mol. The summed E-state index contributed by atoms with van der Waals surface area (Å²) in [6, 6.07) is 15.1. The van der Waals surface area contributed by atoms with Crippen LogP contribution in [0.3, 0.4) is 0 Å². The second-order valence-corrected chi connectivity index (χ2v) is 8.88. The topological polar surface area (TPSA) is 93.3 Å². The number of amides is 1. The number of hydrogen-bond acceptors (Lipinski definition) is 5. The van der Waals surface area contributed by atoms with Crippen molar-refractivity contribution in [2.24, 2.45) is 0 Å². The molecule has 1 amide bonds. The number of ether oxygens (including phenoxy) is 2. The third kappa shape index (κ3) is 4.09. The zero-order valence-electron chi connectivity index (χ0n) is 19.1. The summed E-state index contributed by atoms with van der Waals surface area (Å²) >= 11 is 0. The Morgan fingerprint density at radius 3 is 2.60 bits per heavy atom. The summed E-state index contributed by atoms with van der Waals surface area (Å²) in [7, 11) is 0. The molecule has 3 heterocycles.